The largest absolute Gasteiger partial charge is 0.466 e. The van der Waals surface area contributed by atoms with E-state index in [1.54, 1.807) is 0 Å². The summed E-state index contributed by atoms with van der Waals surface area (Å²) < 4.78 is 4.72. The molecule has 0 aromatic heterocycles. The number of esters is 1. The van der Waals surface area contributed by atoms with Crippen LogP contribution in [0.15, 0.2) is 11.6 Å². The first-order valence-corrected chi connectivity index (χ1v) is 6.41. The molecule has 0 atom stereocenters. The number of rotatable bonds is 8. The molecule has 0 aliphatic heterocycles. The van der Waals surface area contributed by atoms with Gasteiger partial charge in [-0.15, -0.1) is 0 Å². The van der Waals surface area contributed by atoms with Gasteiger partial charge in [0.05, 0.1) is 13.2 Å². The summed E-state index contributed by atoms with van der Waals surface area (Å²) in [6.07, 6.45) is 3.09. The van der Waals surface area contributed by atoms with Gasteiger partial charge in [-0.1, -0.05) is 26.8 Å². The van der Waals surface area contributed by atoms with Gasteiger partial charge >= 0.3 is 5.97 Å². The Kier molecular flexibility index (Phi) is 8.95. The summed E-state index contributed by atoms with van der Waals surface area (Å²) in [5.74, 6) is 0.280. The second-order valence-electron chi connectivity index (χ2n) is 4.64. The summed E-state index contributed by atoms with van der Waals surface area (Å²) in [5.41, 5.74) is 0.697. The Morgan fingerprint density at radius 2 is 2.17 bits per heavy atom. The van der Waals surface area contributed by atoms with Gasteiger partial charge < -0.3 is 4.74 Å². The molecular formula is C14H24N2O2. The van der Waals surface area contributed by atoms with E-state index in [1.807, 2.05) is 13.0 Å². The molecule has 4 heteroatoms. The molecule has 0 amide bonds. The van der Waals surface area contributed by atoms with Gasteiger partial charge in [0.2, 0.25) is 0 Å². The second-order valence-corrected chi connectivity index (χ2v) is 4.64. The van der Waals surface area contributed by atoms with E-state index in [9.17, 15) is 4.79 Å². The number of hydrogen-bond donors (Lipinski definition) is 0. The first-order valence-electron chi connectivity index (χ1n) is 6.41. The SMILES string of the molecule is CCC(=CCN(CCC#N)CC(C)C)C(=O)OC. The maximum atomic E-state index is 11.4. The first-order chi connectivity index (χ1) is 8.54. The number of hydrogen-bond acceptors (Lipinski definition) is 4. The van der Waals surface area contributed by atoms with Gasteiger partial charge in [-0.3, -0.25) is 4.90 Å². The van der Waals surface area contributed by atoms with Crippen molar-refractivity contribution in [3.8, 4) is 6.07 Å². The molecule has 0 fully saturated rings. The van der Waals surface area contributed by atoms with E-state index in [0.29, 0.717) is 30.9 Å². The van der Waals surface area contributed by atoms with Gasteiger partial charge in [0.1, 0.15) is 0 Å². The quantitative estimate of drug-likeness (QED) is 0.491. The molecule has 0 saturated heterocycles. The number of ether oxygens (including phenoxy) is 1. The average Bonchev–Trinajstić information content (AvgIpc) is 2.35. The Bertz CT molecular complexity index is 316. The molecule has 0 heterocycles. The third-order valence-corrected chi connectivity index (χ3v) is 2.59. The molecular weight excluding hydrogens is 228 g/mol. The fraction of sp³-hybridized carbons (Fsp3) is 0.714. The summed E-state index contributed by atoms with van der Waals surface area (Å²) in [7, 11) is 1.40. The minimum atomic E-state index is -0.262. The Balaban J connectivity index is 4.50. The lowest BCUT2D eigenvalue weighted by molar-refractivity contribution is -0.136. The molecule has 0 N–H and O–H groups in total. The van der Waals surface area contributed by atoms with E-state index < -0.39 is 0 Å². The zero-order chi connectivity index (χ0) is 14.0. The molecule has 18 heavy (non-hydrogen) atoms. The summed E-state index contributed by atoms with van der Waals surface area (Å²) >= 11 is 0. The van der Waals surface area contributed by atoms with Crippen molar-refractivity contribution in [3.05, 3.63) is 11.6 Å². The third kappa shape index (κ3) is 7.08. The van der Waals surface area contributed by atoms with Gasteiger partial charge in [0.25, 0.3) is 0 Å². The Hall–Kier alpha value is -1.34. The van der Waals surface area contributed by atoms with Crippen molar-refractivity contribution >= 4 is 5.97 Å². The van der Waals surface area contributed by atoms with Crippen LogP contribution in [0.4, 0.5) is 0 Å². The lowest BCUT2D eigenvalue weighted by Gasteiger charge is -2.21. The predicted molar refractivity (Wildman–Crippen MR) is 71.9 cm³/mol. The smallest absolute Gasteiger partial charge is 0.333 e. The minimum Gasteiger partial charge on any atom is -0.466 e. The fourth-order valence-electron chi connectivity index (χ4n) is 1.72. The van der Waals surface area contributed by atoms with Crippen LogP contribution in [-0.2, 0) is 9.53 Å². The molecule has 0 aromatic rings. The predicted octanol–water partition coefficient (Wildman–Crippen LogP) is 2.37. The normalized spacial score (nSPS) is 11.7. The summed E-state index contributed by atoms with van der Waals surface area (Å²) in [4.78, 5) is 13.6. The van der Waals surface area contributed by atoms with Gasteiger partial charge in [-0.2, -0.15) is 5.26 Å². The molecule has 0 unspecified atom stereocenters. The van der Waals surface area contributed by atoms with Gasteiger partial charge in [-0.25, -0.2) is 4.79 Å². The number of methoxy groups -OCH3 is 1. The molecule has 0 radical (unpaired) electrons. The van der Waals surface area contributed by atoms with Crippen LogP contribution in [0.2, 0.25) is 0 Å². The van der Waals surface area contributed by atoms with Crippen LogP contribution in [0.1, 0.15) is 33.6 Å². The molecule has 0 rings (SSSR count). The van der Waals surface area contributed by atoms with E-state index in [2.05, 4.69) is 24.8 Å². The molecule has 102 valence electrons. The summed E-state index contributed by atoms with van der Waals surface area (Å²) in [6, 6.07) is 2.15. The summed E-state index contributed by atoms with van der Waals surface area (Å²) in [6.45, 7) is 8.58. The van der Waals surface area contributed by atoms with Crippen molar-refractivity contribution in [1.82, 2.24) is 4.90 Å². The van der Waals surface area contributed by atoms with E-state index in [-0.39, 0.29) is 5.97 Å². The van der Waals surface area contributed by atoms with Crippen LogP contribution < -0.4 is 0 Å². The number of nitriles is 1. The lowest BCUT2D eigenvalue weighted by Crippen LogP contribution is -2.29. The molecule has 0 spiro atoms. The second kappa shape index (κ2) is 9.67. The van der Waals surface area contributed by atoms with Crippen LogP contribution in [0.3, 0.4) is 0 Å². The van der Waals surface area contributed by atoms with Crippen LogP contribution in [0.25, 0.3) is 0 Å². The van der Waals surface area contributed by atoms with Crippen molar-refractivity contribution in [1.29, 1.82) is 5.26 Å². The number of carbonyl (C=O) groups excluding carboxylic acids is 1. The van der Waals surface area contributed by atoms with Crippen molar-refractivity contribution < 1.29 is 9.53 Å². The summed E-state index contributed by atoms with van der Waals surface area (Å²) in [5, 5.41) is 8.63. The first kappa shape index (κ1) is 16.7. The van der Waals surface area contributed by atoms with Gasteiger partial charge in [0, 0.05) is 31.6 Å². The van der Waals surface area contributed by atoms with Crippen molar-refractivity contribution in [2.45, 2.75) is 33.6 Å². The van der Waals surface area contributed by atoms with Crippen LogP contribution in [0.5, 0.6) is 0 Å². The molecule has 4 nitrogen and oxygen atoms in total. The minimum absolute atomic E-state index is 0.262. The van der Waals surface area contributed by atoms with Crippen LogP contribution in [-0.4, -0.2) is 37.6 Å². The van der Waals surface area contributed by atoms with E-state index in [1.165, 1.54) is 7.11 Å². The zero-order valence-electron chi connectivity index (χ0n) is 11.9. The highest BCUT2D eigenvalue weighted by Crippen LogP contribution is 2.06. The van der Waals surface area contributed by atoms with Crippen LogP contribution in [0, 0.1) is 17.2 Å². The standard InChI is InChI=1S/C14H24N2O2/c1-5-13(14(17)18-4)7-10-16(9-6-8-15)11-12(2)3/h7,12H,5-6,9-11H2,1-4H3. The van der Waals surface area contributed by atoms with Crippen molar-refractivity contribution in [2.75, 3.05) is 26.7 Å². The van der Waals surface area contributed by atoms with Gasteiger partial charge in [-0.05, 0) is 12.3 Å². The van der Waals surface area contributed by atoms with Crippen molar-refractivity contribution in [3.63, 3.8) is 0 Å². The molecule has 0 aliphatic carbocycles. The molecule has 0 saturated carbocycles. The lowest BCUT2D eigenvalue weighted by atomic mass is 10.1. The Morgan fingerprint density at radius 3 is 2.61 bits per heavy atom. The average molecular weight is 252 g/mol. The molecule has 0 aliphatic rings. The molecule has 0 bridgehead atoms. The number of carbonyl (C=O) groups is 1. The Labute approximate surface area is 110 Å². The highest BCUT2D eigenvalue weighted by atomic mass is 16.5. The Morgan fingerprint density at radius 1 is 1.50 bits per heavy atom. The zero-order valence-corrected chi connectivity index (χ0v) is 11.9. The third-order valence-electron chi connectivity index (χ3n) is 2.59. The van der Waals surface area contributed by atoms with Gasteiger partial charge in [0.15, 0.2) is 0 Å². The topological polar surface area (TPSA) is 53.3 Å². The number of nitrogens with zero attached hydrogens (tertiary/aromatic N) is 2. The maximum absolute atomic E-state index is 11.4. The van der Waals surface area contributed by atoms with E-state index in [0.717, 1.165) is 13.1 Å². The van der Waals surface area contributed by atoms with E-state index in [4.69, 9.17) is 10.00 Å². The molecule has 0 aromatic carbocycles. The highest BCUT2D eigenvalue weighted by molar-refractivity contribution is 5.88. The van der Waals surface area contributed by atoms with Crippen molar-refractivity contribution in [2.24, 2.45) is 5.92 Å². The fourth-order valence-corrected chi connectivity index (χ4v) is 1.72. The van der Waals surface area contributed by atoms with E-state index >= 15 is 0 Å². The maximum Gasteiger partial charge on any atom is 0.333 e. The van der Waals surface area contributed by atoms with Crippen LogP contribution >= 0.6 is 0 Å². The monoisotopic (exact) mass is 252 g/mol. The highest BCUT2D eigenvalue weighted by Gasteiger charge is 2.09.